The third kappa shape index (κ3) is 5.08. The van der Waals surface area contributed by atoms with Crippen molar-refractivity contribution in [2.24, 2.45) is 0 Å². The number of alkyl halides is 1. The molecule has 0 saturated heterocycles. The van der Waals surface area contributed by atoms with E-state index < -0.39 is 0 Å². The van der Waals surface area contributed by atoms with Crippen molar-refractivity contribution in [3.8, 4) is 11.8 Å². The summed E-state index contributed by atoms with van der Waals surface area (Å²) in [5, 5.41) is 0.0577. The molecule has 0 aliphatic rings. The molecule has 0 radical (unpaired) electrons. The van der Waals surface area contributed by atoms with Gasteiger partial charge in [-0.2, -0.15) is 0 Å². The molecular weight excluding hydrogens is 256 g/mol. The molecule has 88 valence electrons. The SMILES string of the molecule is CC(=O)SCC#Cc1ccc(C(=O)CCl)cc1. The molecule has 0 atom stereocenters. The predicted octanol–water partition coefficient (Wildman–Crippen LogP) is 2.74. The van der Waals surface area contributed by atoms with Crippen molar-refractivity contribution in [3.05, 3.63) is 35.4 Å². The Balaban J connectivity index is 2.62. The molecule has 0 aliphatic carbocycles. The fourth-order valence-electron chi connectivity index (χ4n) is 1.09. The topological polar surface area (TPSA) is 34.1 Å². The fraction of sp³-hybridized carbons (Fsp3) is 0.231. The van der Waals surface area contributed by atoms with E-state index in [1.165, 1.54) is 18.7 Å². The zero-order valence-corrected chi connectivity index (χ0v) is 10.9. The largest absolute Gasteiger partial charge is 0.293 e. The second-order valence-corrected chi connectivity index (χ2v) is 4.64. The van der Waals surface area contributed by atoms with E-state index in [4.69, 9.17) is 11.6 Å². The van der Waals surface area contributed by atoms with E-state index in [1.807, 2.05) is 0 Å². The molecule has 0 spiro atoms. The first-order chi connectivity index (χ1) is 8.13. The number of carbonyl (C=O) groups excluding carboxylic acids is 2. The van der Waals surface area contributed by atoms with E-state index in [-0.39, 0.29) is 16.8 Å². The minimum Gasteiger partial charge on any atom is -0.293 e. The van der Waals surface area contributed by atoms with Crippen LogP contribution >= 0.6 is 23.4 Å². The molecular formula is C13H11ClO2S. The first-order valence-corrected chi connectivity index (χ1v) is 6.47. The lowest BCUT2D eigenvalue weighted by atomic mass is 10.1. The molecule has 0 amide bonds. The maximum absolute atomic E-state index is 11.3. The number of carbonyl (C=O) groups is 2. The summed E-state index contributed by atoms with van der Waals surface area (Å²) >= 11 is 6.62. The minimum atomic E-state index is -0.0988. The highest BCUT2D eigenvalue weighted by Gasteiger charge is 2.02. The Morgan fingerprint density at radius 2 is 1.94 bits per heavy atom. The molecule has 0 N–H and O–H groups in total. The van der Waals surface area contributed by atoms with Crippen LogP contribution in [-0.2, 0) is 4.79 Å². The number of halogens is 1. The number of hydrogen-bond donors (Lipinski definition) is 0. The molecule has 0 saturated carbocycles. The Morgan fingerprint density at radius 1 is 1.29 bits per heavy atom. The van der Waals surface area contributed by atoms with Gasteiger partial charge >= 0.3 is 0 Å². The van der Waals surface area contributed by atoms with E-state index in [0.29, 0.717) is 11.3 Å². The van der Waals surface area contributed by atoms with Crippen molar-refractivity contribution < 1.29 is 9.59 Å². The zero-order chi connectivity index (χ0) is 12.7. The highest BCUT2D eigenvalue weighted by atomic mass is 35.5. The molecule has 1 aromatic rings. The Morgan fingerprint density at radius 3 is 2.47 bits per heavy atom. The summed E-state index contributed by atoms with van der Waals surface area (Å²) in [7, 11) is 0. The third-order valence-electron chi connectivity index (χ3n) is 1.91. The summed E-state index contributed by atoms with van der Waals surface area (Å²) in [6, 6.07) is 6.94. The number of hydrogen-bond acceptors (Lipinski definition) is 3. The van der Waals surface area contributed by atoms with Crippen LogP contribution in [0.15, 0.2) is 24.3 Å². The van der Waals surface area contributed by atoms with Gasteiger partial charge in [0.1, 0.15) is 0 Å². The van der Waals surface area contributed by atoms with E-state index in [2.05, 4.69) is 11.8 Å². The second-order valence-electron chi connectivity index (χ2n) is 3.22. The van der Waals surface area contributed by atoms with Crippen LogP contribution in [0.25, 0.3) is 0 Å². The summed E-state index contributed by atoms with van der Waals surface area (Å²) in [6.07, 6.45) is 0. The van der Waals surface area contributed by atoms with E-state index >= 15 is 0 Å². The molecule has 17 heavy (non-hydrogen) atoms. The van der Waals surface area contributed by atoms with E-state index in [0.717, 1.165) is 5.56 Å². The van der Waals surface area contributed by atoms with Crippen LogP contribution in [0.1, 0.15) is 22.8 Å². The monoisotopic (exact) mass is 266 g/mol. The van der Waals surface area contributed by atoms with Gasteiger partial charge in [-0.25, -0.2) is 0 Å². The standard InChI is InChI=1S/C13H11ClO2S/c1-10(15)17-8-2-3-11-4-6-12(7-5-11)13(16)9-14/h4-7H,8-9H2,1H3. The Hall–Kier alpha value is -1.24. The third-order valence-corrected chi connectivity index (χ3v) is 2.85. The number of Topliss-reactive ketones (excluding diaryl/α,β-unsaturated/α-hetero) is 1. The molecule has 1 aromatic carbocycles. The highest BCUT2D eigenvalue weighted by Crippen LogP contribution is 2.05. The summed E-state index contributed by atoms with van der Waals surface area (Å²) in [4.78, 5) is 21.9. The van der Waals surface area contributed by atoms with Crippen molar-refractivity contribution in [2.75, 3.05) is 11.6 Å². The maximum Gasteiger partial charge on any atom is 0.186 e. The molecule has 0 heterocycles. The Bertz CT molecular complexity index is 468. The zero-order valence-electron chi connectivity index (χ0n) is 9.33. The van der Waals surface area contributed by atoms with Crippen molar-refractivity contribution >= 4 is 34.3 Å². The van der Waals surface area contributed by atoms with Gasteiger partial charge in [0.05, 0.1) is 11.6 Å². The normalized spacial score (nSPS) is 9.29. The Labute approximate surface area is 110 Å². The van der Waals surface area contributed by atoms with Crippen LogP contribution in [0, 0.1) is 11.8 Å². The summed E-state index contributed by atoms with van der Waals surface area (Å²) in [5.74, 6) is 6.17. The van der Waals surface area contributed by atoms with Gasteiger partial charge in [-0.1, -0.05) is 35.7 Å². The molecule has 0 unspecified atom stereocenters. The first kappa shape index (κ1) is 13.8. The number of thioether (sulfide) groups is 1. The van der Waals surface area contributed by atoms with Crippen LogP contribution < -0.4 is 0 Å². The van der Waals surface area contributed by atoms with Gasteiger partial charge in [-0.15, -0.1) is 11.6 Å². The summed E-state index contributed by atoms with van der Waals surface area (Å²) in [5.41, 5.74) is 1.41. The lowest BCUT2D eigenvalue weighted by Gasteiger charge is -1.96. The van der Waals surface area contributed by atoms with Crippen LogP contribution in [0.4, 0.5) is 0 Å². The number of ketones is 1. The quantitative estimate of drug-likeness (QED) is 0.479. The lowest BCUT2D eigenvalue weighted by Crippen LogP contribution is -1.99. The lowest BCUT2D eigenvalue weighted by molar-refractivity contribution is -0.109. The van der Waals surface area contributed by atoms with Gasteiger partial charge in [0.25, 0.3) is 0 Å². The van der Waals surface area contributed by atoms with Crippen LogP contribution in [-0.4, -0.2) is 22.5 Å². The highest BCUT2D eigenvalue weighted by molar-refractivity contribution is 8.13. The average Bonchev–Trinajstić information content (AvgIpc) is 2.34. The van der Waals surface area contributed by atoms with Gasteiger partial charge < -0.3 is 0 Å². The van der Waals surface area contributed by atoms with E-state index in [9.17, 15) is 9.59 Å². The van der Waals surface area contributed by atoms with Crippen LogP contribution in [0.2, 0.25) is 0 Å². The molecule has 1 rings (SSSR count). The van der Waals surface area contributed by atoms with Crippen LogP contribution in [0.5, 0.6) is 0 Å². The molecule has 0 aromatic heterocycles. The fourth-order valence-corrected chi connectivity index (χ4v) is 1.59. The van der Waals surface area contributed by atoms with Gasteiger partial charge in [0, 0.05) is 18.1 Å². The molecule has 0 bridgehead atoms. The molecule has 2 nitrogen and oxygen atoms in total. The Kier molecular flexibility index (Phi) is 5.82. The first-order valence-electron chi connectivity index (χ1n) is 4.95. The van der Waals surface area contributed by atoms with Gasteiger partial charge in [-0.3, -0.25) is 9.59 Å². The maximum atomic E-state index is 11.3. The van der Waals surface area contributed by atoms with Crippen molar-refractivity contribution in [2.45, 2.75) is 6.92 Å². The van der Waals surface area contributed by atoms with Crippen LogP contribution in [0.3, 0.4) is 0 Å². The van der Waals surface area contributed by atoms with Crippen molar-refractivity contribution in [1.29, 1.82) is 0 Å². The number of benzene rings is 1. The molecule has 0 aliphatic heterocycles. The van der Waals surface area contributed by atoms with E-state index in [1.54, 1.807) is 24.3 Å². The average molecular weight is 267 g/mol. The van der Waals surface area contributed by atoms with Gasteiger partial charge in [-0.05, 0) is 12.1 Å². The molecule has 0 fully saturated rings. The number of rotatable bonds is 3. The summed E-state index contributed by atoms with van der Waals surface area (Å²) in [6.45, 7) is 1.51. The smallest absolute Gasteiger partial charge is 0.186 e. The van der Waals surface area contributed by atoms with Gasteiger partial charge in [0.2, 0.25) is 0 Å². The minimum absolute atomic E-state index is 0.0136. The van der Waals surface area contributed by atoms with Gasteiger partial charge in [0.15, 0.2) is 10.9 Å². The van der Waals surface area contributed by atoms with Crippen molar-refractivity contribution in [1.82, 2.24) is 0 Å². The second kappa shape index (κ2) is 7.16. The molecule has 4 heteroatoms. The predicted molar refractivity (Wildman–Crippen MR) is 71.5 cm³/mol. The summed E-state index contributed by atoms with van der Waals surface area (Å²) < 4.78 is 0. The van der Waals surface area contributed by atoms with Crippen molar-refractivity contribution in [3.63, 3.8) is 0 Å².